The Kier molecular flexibility index (Phi) is 5.37. The fourth-order valence-electron chi connectivity index (χ4n) is 1.51. The summed E-state index contributed by atoms with van der Waals surface area (Å²) in [6.07, 6.45) is 0.969. The fourth-order valence-corrected chi connectivity index (χ4v) is 1.86. The van der Waals surface area contributed by atoms with Crippen LogP contribution in [0.4, 0.5) is 5.69 Å². The summed E-state index contributed by atoms with van der Waals surface area (Å²) in [4.78, 5) is 0.578. The summed E-state index contributed by atoms with van der Waals surface area (Å²) >= 11 is 5.26. The van der Waals surface area contributed by atoms with Gasteiger partial charge in [-0.15, -0.1) is 0 Å². The van der Waals surface area contributed by atoms with Gasteiger partial charge in [-0.25, -0.2) is 0 Å². The molecule has 0 aromatic heterocycles. The standard InChI is InChI=1S/C13H20N2O2S/c1-4-8(2)12(14)13(18)15-9-5-6-11(17-3)10(16)7-9/h5-8,12,16H,4,14H2,1-3H3,(H,15,18)/t8?,12-/m0/s1. The van der Waals surface area contributed by atoms with Crippen molar-refractivity contribution in [1.82, 2.24) is 0 Å². The molecule has 0 fully saturated rings. The number of phenolic OH excluding ortho intramolecular Hbond substituents is 1. The van der Waals surface area contributed by atoms with Crippen LogP contribution in [0.25, 0.3) is 0 Å². The van der Waals surface area contributed by atoms with E-state index >= 15 is 0 Å². The number of phenols is 1. The predicted octanol–water partition coefficient (Wildman–Crippen LogP) is 2.51. The number of ether oxygens (including phenoxy) is 1. The van der Waals surface area contributed by atoms with Gasteiger partial charge in [0.05, 0.1) is 18.1 Å². The number of benzene rings is 1. The first-order chi connectivity index (χ1) is 8.49. The van der Waals surface area contributed by atoms with Gasteiger partial charge in [-0.1, -0.05) is 32.5 Å². The van der Waals surface area contributed by atoms with Crippen molar-refractivity contribution in [3.05, 3.63) is 18.2 Å². The smallest absolute Gasteiger partial charge is 0.160 e. The molecule has 0 radical (unpaired) electrons. The lowest BCUT2D eigenvalue weighted by Gasteiger charge is -2.20. The molecular formula is C13H20N2O2S. The number of hydrogen-bond donors (Lipinski definition) is 3. The van der Waals surface area contributed by atoms with Crippen LogP contribution < -0.4 is 15.8 Å². The molecule has 1 unspecified atom stereocenters. The van der Waals surface area contributed by atoms with Gasteiger partial charge in [-0.3, -0.25) is 0 Å². The Morgan fingerprint density at radius 3 is 2.72 bits per heavy atom. The van der Waals surface area contributed by atoms with Crippen molar-refractivity contribution >= 4 is 22.9 Å². The van der Waals surface area contributed by atoms with Gasteiger partial charge in [-0.05, 0) is 18.1 Å². The van der Waals surface area contributed by atoms with E-state index in [2.05, 4.69) is 19.2 Å². The molecule has 4 N–H and O–H groups in total. The molecule has 2 atom stereocenters. The van der Waals surface area contributed by atoms with Crippen LogP contribution in [-0.4, -0.2) is 23.2 Å². The Bertz CT molecular complexity index is 423. The van der Waals surface area contributed by atoms with Crippen molar-refractivity contribution in [3.8, 4) is 11.5 Å². The van der Waals surface area contributed by atoms with Crippen LogP contribution in [0.5, 0.6) is 11.5 Å². The van der Waals surface area contributed by atoms with Crippen molar-refractivity contribution in [1.29, 1.82) is 0 Å². The van der Waals surface area contributed by atoms with E-state index in [1.807, 2.05) is 0 Å². The average Bonchev–Trinajstić information content (AvgIpc) is 2.37. The molecule has 0 amide bonds. The van der Waals surface area contributed by atoms with Gasteiger partial charge in [0.1, 0.15) is 0 Å². The molecule has 18 heavy (non-hydrogen) atoms. The summed E-state index contributed by atoms with van der Waals surface area (Å²) in [6.45, 7) is 4.14. The third-order valence-electron chi connectivity index (χ3n) is 3.01. The molecular weight excluding hydrogens is 248 g/mol. The highest BCUT2D eigenvalue weighted by Gasteiger charge is 2.16. The van der Waals surface area contributed by atoms with E-state index in [0.717, 1.165) is 6.42 Å². The van der Waals surface area contributed by atoms with Gasteiger partial charge in [0.2, 0.25) is 0 Å². The highest BCUT2D eigenvalue weighted by Crippen LogP contribution is 2.28. The Morgan fingerprint density at radius 1 is 1.56 bits per heavy atom. The molecule has 0 saturated heterocycles. The van der Waals surface area contributed by atoms with Gasteiger partial charge in [0, 0.05) is 11.8 Å². The molecule has 0 heterocycles. The van der Waals surface area contributed by atoms with Crippen molar-refractivity contribution in [2.45, 2.75) is 26.3 Å². The molecule has 100 valence electrons. The maximum Gasteiger partial charge on any atom is 0.160 e. The Balaban J connectivity index is 2.73. The number of methoxy groups -OCH3 is 1. The molecule has 0 bridgehead atoms. The number of anilines is 1. The first kappa shape index (κ1) is 14.7. The number of rotatable bonds is 5. The maximum absolute atomic E-state index is 9.66. The maximum atomic E-state index is 9.66. The molecule has 1 rings (SSSR count). The van der Waals surface area contributed by atoms with Crippen LogP contribution in [-0.2, 0) is 0 Å². The molecule has 0 aliphatic heterocycles. The summed E-state index contributed by atoms with van der Waals surface area (Å²) in [7, 11) is 1.51. The number of thiocarbonyl (C=S) groups is 1. The third kappa shape index (κ3) is 3.58. The van der Waals surface area contributed by atoms with Gasteiger partial charge in [0.25, 0.3) is 0 Å². The van der Waals surface area contributed by atoms with Crippen LogP contribution in [0.1, 0.15) is 20.3 Å². The quantitative estimate of drug-likeness (QED) is 0.716. The minimum atomic E-state index is -0.186. The topological polar surface area (TPSA) is 67.5 Å². The van der Waals surface area contributed by atoms with Crippen molar-refractivity contribution in [2.75, 3.05) is 12.4 Å². The lowest BCUT2D eigenvalue weighted by atomic mass is 10.00. The second kappa shape index (κ2) is 6.56. The first-order valence-electron chi connectivity index (χ1n) is 5.93. The number of nitrogens with one attached hydrogen (secondary N) is 1. The van der Waals surface area contributed by atoms with Gasteiger partial charge >= 0.3 is 0 Å². The predicted molar refractivity (Wildman–Crippen MR) is 78.3 cm³/mol. The minimum absolute atomic E-state index is 0.0717. The number of nitrogens with two attached hydrogens (primary N) is 1. The molecule has 1 aromatic rings. The molecule has 0 saturated carbocycles. The van der Waals surface area contributed by atoms with E-state index in [4.69, 9.17) is 22.7 Å². The van der Waals surface area contributed by atoms with Crippen molar-refractivity contribution in [3.63, 3.8) is 0 Å². The number of aromatic hydroxyl groups is 1. The summed E-state index contributed by atoms with van der Waals surface area (Å²) < 4.78 is 4.97. The van der Waals surface area contributed by atoms with Gasteiger partial charge < -0.3 is 20.9 Å². The largest absolute Gasteiger partial charge is 0.504 e. The molecule has 0 spiro atoms. The molecule has 0 aliphatic rings. The van der Waals surface area contributed by atoms with Gasteiger partial charge in [-0.2, -0.15) is 0 Å². The molecule has 0 aliphatic carbocycles. The Hall–Kier alpha value is -1.33. The van der Waals surface area contributed by atoms with Crippen molar-refractivity contribution < 1.29 is 9.84 Å². The zero-order valence-electron chi connectivity index (χ0n) is 10.9. The molecule has 4 nitrogen and oxygen atoms in total. The summed E-state index contributed by atoms with van der Waals surface area (Å²) in [5.41, 5.74) is 6.73. The van der Waals surface area contributed by atoms with Crippen LogP contribution in [0, 0.1) is 5.92 Å². The molecule has 5 heteroatoms. The lowest BCUT2D eigenvalue weighted by molar-refractivity contribution is 0.373. The Labute approximate surface area is 113 Å². The first-order valence-corrected chi connectivity index (χ1v) is 6.33. The van der Waals surface area contributed by atoms with Crippen LogP contribution >= 0.6 is 12.2 Å². The highest BCUT2D eigenvalue weighted by molar-refractivity contribution is 7.80. The second-order valence-electron chi connectivity index (χ2n) is 4.29. The molecule has 1 aromatic carbocycles. The van der Waals surface area contributed by atoms with E-state index in [1.54, 1.807) is 18.2 Å². The Morgan fingerprint density at radius 2 is 2.22 bits per heavy atom. The lowest BCUT2D eigenvalue weighted by Crippen LogP contribution is -2.39. The fraction of sp³-hybridized carbons (Fsp3) is 0.462. The summed E-state index contributed by atoms with van der Waals surface area (Å²) in [5.74, 6) is 0.817. The van der Waals surface area contributed by atoms with Gasteiger partial charge in [0.15, 0.2) is 11.5 Å². The van der Waals surface area contributed by atoms with Crippen molar-refractivity contribution in [2.24, 2.45) is 11.7 Å². The van der Waals surface area contributed by atoms with E-state index < -0.39 is 0 Å². The van der Waals surface area contributed by atoms with Crippen LogP contribution in [0.15, 0.2) is 18.2 Å². The summed E-state index contributed by atoms with van der Waals surface area (Å²) in [5, 5.41) is 12.7. The summed E-state index contributed by atoms with van der Waals surface area (Å²) in [6, 6.07) is 4.84. The zero-order valence-corrected chi connectivity index (χ0v) is 11.8. The monoisotopic (exact) mass is 268 g/mol. The minimum Gasteiger partial charge on any atom is -0.504 e. The van der Waals surface area contributed by atoms with E-state index in [-0.39, 0.29) is 11.8 Å². The third-order valence-corrected chi connectivity index (χ3v) is 3.38. The SMILES string of the molecule is CCC(C)[C@H](N)C(=S)Nc1ccc(OC)c(O)c1. The average molecular weight is 268 g/mol. The zero-order chi connectivity index (χ0) is 13.7. The number of hydrogen-bond acceptors (Lipinski definition) is 4. The highest BCUT2D eigenvalue weighted by atomic mass is 32.1. The van der Waals surface area contributed by atoms with E-state index in [0.29, 0.717) is 22.3 Å². The van der Waals surface area contributed by atoms with E-state index in [9.17, 15) is 5.11 Å². The normalized spacial score (nSPS) is 13.8. The second-order valence-corrected chi connectivity index (χ2v) is 4.73. The van der Waals surface area contributed by atoms with Crippen LogP contribution in [0.3, 0.4) is 0 Å². The van der Waals surface area contributed by atoms with Crippen LogP contribution in [0.2, 0.25) is 0 Å². The van der Waals surface area contributed by atoms with E-state index in [1.165, 1.54) is 7.11 Å².